The summed E-state index contributed by atoms with van der Waals surface area (Å²) >= 11 is 0. The molecule has 1 unspecified atom stereocenters. The Bertz CT molecular complexity index is 601. The Balaban J connectivity index is 1.99. The van der Waals surface area contributed by atoms with Crippen molar-refractivity contribution >= 4 is 0 Å². The van der Waals surface area contributed by atoms with Crippen molar-refractivity contribution in [2.45, 2.75) is 19.4 Å². The summed E-state index contributed by atoms with van der Waals surface area (Å²) in [5.74, 6) is -0.177. The SMILES string of the molecule is Cc1cccc(C(c2ccc(F)cc2)N2CCCNCC2)c1. The highest BCUT2D eigenvalue weighted by molar-refractivity contribution is 5.34. The van der Waals surface area contributed by atoms with Crippen molar-refractivity contribution in [1.29, 1.82) is 0 Å². The standard InChI is InChI=1S/C19H23FN2/c1-15-4-2-5-17(14-15)19(16-6-8-18(20)9-7-16)22-12-3-10-21-11-13-22/h2,4-9,14,19,21H,3,10-13H2,1H3. The lowest BCUT2D eigenvalue weighted by Gasteiger charge is -2.31. The van der Waals surface area contributed by atoms with E-state index in [1.807, 2.05) is 12.1 Å². The number of benzene rings is 2. The smallest absolute Gasteiger partial charge is 0.123 e. The summed E-state index contributed by atoms with van der Waals surface area (Å²) in [6.45, 7) is 6.26. The van der Waals surface area contributed by atoms with Gasteiger partial charge in [0.1, 0.15) is 5.82 Å². The topological polar surface area (TPSA) is 15.3 Å². The molecule has 0 amide bonds. The highest BCUT2D eigenvalue weighted by Gasteiger charge is 2.23. The molecule has 2 nitrogen and oxygen atoms in total. The van der Waals surface area contributed by atoms with Gasteiger partial charge < -0.3 is 5.32 Å². The Morgan fingerprint density at radius 2 is 1.82 bits per heavy atom. The molecule has 1 aliphatic heterocycles. The van der Waals surface area contributed by atoms with Crippen LogP contribution in [0.3, 0.4) is 0 Å². The molecule has 0 aromatic heterocycles. The van der Waals surface area contributed by atoms with Crippen molar-refractivity contribution in [3.8, 4) is 0 Å². The first-order valence-electron chi connectivity index (χ1n) is 8.01. The van der Waals surface area contributed by atoms with E-state index in [2.05, 4.69) is 41.4 Å². The summed E-state index contributed by atoms with van der Waals surface area (Å²) in [7, 11) is 0. The molecule has 3 rings (SSSR count). The molecule has 1 heterocycles. The summed E-state index contributed by atoms with van der Waals surface area (Å²) in [5.41, 5.74) is 3.71. The fraction of sp³-hybridized carbons (Fsp3) is 0.368. The van der Waals surface area contributed by atoms with Crippen molar-refractivity contribution in [2.75, 3.05) is 26.2 Å². The number of halogens is 1. The van der Waals surface area contributed by atoms with E-state index in [1.54, 1.807) is 12.1 Å². The first-order valence-corrected chi connectivity index (χ1v) is 8.01. The Kier molecular flexibility index (Phi) is 4.86. The molecule has 3 heteroatoms. The van der Waals surface area contributed by atoms with E-state index in [-0.39, 0.29) is 11.9 Å². The second-order valence-electron chi connectivity index (χ2n) is 6.01. The monoisotopic (exact) mass is 298 g/mol. The quantitative estimate of drug-likeness (QED) is 0.932. The molecule has 1 N–H and O–H groups in total. The van der Waals surface area contributed by atoms with Gasteiger partial charge in [0.25, 0.3) is 0 Å². The molecule has 2 aromatic rings. The van der Waals surface area contributed by atoms with Gasteiger partial charge in [-0.25, -0.2) is 4.39 Å². The molecule has 1 aliphatic rings. The highest BCUT2D eigenvalue weighted by Crippen LogP contribution is 2.29. The fourth-order valence-electron chi connectivity index (χ4n) is 3.22. The van der Waals surface area contributed by atoms with Crippen molar-refractivity contribution in [2.24, 2.45) is 0 Å². The molecule has 116 valence electrons. The minimum Gasteiger partial charge on any atom is -0.315 e. The fourth-order valence-corrected chi connectivity index (χ4v) is 3.22. The van der Waals surface area contributed by atoms with E-state index >= 15 is 0 Å². The van der Waals surface area contributed by atoms with Gasteiger partial charge in [0, 0.05) is 19.6 Å². The maximum absolute atomic E-state index is 13.3. The Hall–Kier alpha value is -1.71. The van der Waals surface area contributed by atoms with E-state index in [9.17, 15) is 4.39 Å². The lowest BCUT2D eigenvalue weighted by atomic mass is 9.95. The number of nitrogens with zero attached hydrogens (tertiary/aromatic N) is 1. The molecule has 2 aromatic carbocycles. The van der Waals surface area contributed by atoms with E-state index in [4.69, 9.17) is 0 Å². The molecule has 0 aliphatic carbocycles. The lowest BCUT2D eigenvalue weighted by molar-refractivity contribution is 0.241. The van der Waals surface area contributed by atoms with Gasteiger partial charge in [-0.1, -0.05) is 42.0 Å². The molecule has 0 radical (unpaired) electrons. The van der Waals surface area contributed by atoms with E-state index < -0.39 is 0 Å². The molecule has 1 fully saturated rings. The minimum atomic E-state index is -0.177. The molecular formula is C19H23FN2. The van der Waals surface area contributed by atoms with Crippen molar-refractivity contribution < 1.29 is 4.39 Å². The summed E-state index contributed by atoms with van der Waals surface area (Å²) in [6, 6.07) is 15.8. The lowest BCUT2D eigenvalue weighted by Crippen LogP contribution is -2.33. The van der Waals surface area contributed by atoms with Crippen LogP contribution in [0.4, 0.5) is 4.39 Å². The first kappa shape index (κ1) is 15.2. The van der Waals surface area contributed by atoms with Crippen LogP contribution in [-0.4, -0.2) is 31.1 Å². The predicted octanol–water partition coefficient (Wildman–Crippen LogP) is 3.52. The maximum atomic E-state index is 13.3. The van der Waals surface area contributed by atoms with Crippen LogP contribution in [-0.2, 0) is 0 Å². The van der Waals surface area contributed by atoms with E-state index in [1.165, 1.54) is 11.1 Å². The number of hydrogen-bond acceptors (Lipinski definition) is 2. The molecular weight excluding hydrogens is 275 g/mol. The van der Waals surface area contributed by atoms with Crippen LogP contribution in [0.25, 0.3) is 0 Å². The third-order valence-corrected chi connectivity index (χ3v) is 4.28. The number of hydrogen-bond donors (Lipinski definition) is 1. The van der Waals surface area contributed by atoms with E-state index in [0.717, 1.165) is 38.2 Å². The summed E-state index contributed by atoms with van der Waals surface area (Å²) in [5, 5.41) is 3.45. The minimum absolute atomic E-state index is 0.177. The average molecular weight is 298 g/mol. The molecule has 0 saturated carbocycles. The molecule has 1 atom stereocenters. The molecule has 22 heavy (non-hydrogen) atoms. The third kappa shape index (κ3) is 3.54. The largest absolute Gasteiger partial charge is 0.315 e. The zero-order valence-electron chi connectivity index (χ0n) is 13.1. The zero-order chi connectivity index (χ0) is 15.4. The Labute approximate surface area is 132 Å². The normalized spacial score (nSPS) is 17.9. The van der Waals surface area contributed by atoms with E-state index in [0.29, 0.717) is 0 Å². The van der Waals surface area contributed by atoms with Gasteiger partial charge in [0.15, 0.2) is 0 Å². The summed E-state index contributed by atoms with van der Waals surface area (Å²) in [4.78, 5) is 2.50. The number of rotatable bonds is 3. The second kappa shape index (κ2) is 7.03. The van der Waals surface area contributed by atoms with Gasteiger partial charge in [-0.05, 0) is 43.1 Å². The van der Waals surface area contributed by atoms with Gasteiger partial charge in [-0.3, -0.25) is 4.90 Å². The molecule has 0 spiro atoms. The first-order chi connectivity index (χ1) is 10.7. The Morgan fingerprint density at radius 3 is 2.59 bits per heavy atom. The number of nitrogens with one attached hydrogen (secondary N) is 1. The van der Waals surface area contributed by atoms with Crippen LogP contribution in [0.15, 0.2) is 48.5 Å². The predicted molar refractivity (Wildman–Crippen MR) is 88.5 cm³/mol. The number of aryl methyl sites for hydroxylation is 1. The summed E-state index contributed by atoms with van der Waals surface area (Å²) in [6.07, 6.45) is 1.14. The van der Waals surface area contributed by atoms with Crippen molar-refractivity contribution in [1.82, 2.24) is 10.2 Å². The van der Waals surface area contributed by atoms with Gasteiger partial charge in [0.2, 0.25) is 0 Å². The van der Waals surface area contributed by atoms with Crippen LogP contribution in [0, 0.1) is 12.7 Å². The zero-order valence-corrected chi connectivity index (χ0v) is 13.1. The van der Waals surface area contributed by atoms with Gasteiger partial charge in [-0.2, -0.15) is 0 Å². The third-order valence-electron chi connectivity index (χ3n) is 4.28. The van der Waals surface area contributed by atoms with Crippen LogP contribution in [0.5, 0.6) is 0 Å². The maximum Gasteiger partial charge on any atom is 0.123 e. The van der Waals surface area contributed by atoms with Crippen LogP contribution >= 0.6 is 0 Å². The van der Waals surface area contributed by atoms with Gasteiger partial charge in [-0.15, -0.1) is 0 Å². The second-order valence-corrected chi connectivity index (χ2v) is 6.01. The highest BCUT2D eigenvalue weighted by atomic mass is 19.1. The molecule has 1 saturated heterocycles. The summed E-state index contributed by atoms with van der Waals surface area (Å²) < 4.78 is 13.3. The van der Waals surface area contributed by atoms with Gasteiger partial charge >= 0.3 is 0 Å². The van der Waals surface area contributed by atoms with Gasteiger partial charge in [0.05, 0.1) is 6.04 Å². The van der Waals surface area contributed by atoms with Crippen LogP contribution in [0.1, 0.15) is 29.2 Å². The Morgan fingerprint density at radius 1 is 1.00 bits per heavy atom. The average Bonchev–Trinajstić information content (AvgIpc) is 2.79. The van der Waals surface area contributed by atoms with Crippen LogP contribution < -0.4 is 5.32 Å². The van der Waals surface area contributed by atoms with Crippen LogP contribution in [0.2, 0.25) is 0 Å². The molecule has 0 bridgehead atoms. The van der Waals surface area contributed by atoms with Crippen molar-refractivity contribution in [3.05, 3.63) is 71.0 Å². The van der Waals surface area contributed by atoms with Crippen molar-refractivity contribution in [3.63, 3.8) is 0 Å².